The van der Waals surface area contributed by atoms with Gasteiger partial charge in [0.2, 0.25) is 0 Å². The Morgan fingerprint density at radius 3 is 2.37 bits per heavy atom. The largest absolute Gasteiger partial charge is 0.468 e. The second-order valence-corrected chi connectivity index (χ2v) is 22.8. The molecule has 4 heterocycles. The molecule has 2 aliphatic heterocycles. The summed E-state index contributed by atoms with van der Waals surface area (Å²) in [5.41, 5.74) is 4.21. The van der Waals surface area contributed by atoms with E-state index in [0.717, 1.165) is 39.1 Å². The van der Waals surface area contributed by atoms with E-state index in [4.69, 9.17) is 24.2 Å². The van der Waals surface area contributed by atoms with Gasteiger partial charge < -0.3 is 34.4 Å². The standard InChI is InChI=1S/C44H60F2N6O4Si/c1-28(2)57(29(3)4,30(5)6)20-13-34-37(45)12-11-32-21-33(56-27-54-9)22-35(38(32)34)40-39(46)41-36(23-48-40)42(52-17-10-14-44(8,53)26-52)50-43(49-41)55-25-31(7)24-51-18-15-47-16-19-51/h11-12,21-23,28-31,47,53H,10,14-19,24-27H2,1-9H3/t31-,44-/m1/s1. The third-order valence-electron chi connectivity index (χ3n) is 11.8. The topological polar surface area (TPSA) is 105 Å². The van der Waals surface area contributed by atoms with Crippen LogP contribution in [-0.4, -0.2) is 105 Å². The molecule has 0 aliphatic carbocycles. The lowest BCUT2D eigenvalue weighted by molar-refractivity contribution is 0.0447. The average molecular weight is 803 g/mol. The van der Waals surface area contributed by atoms with Crippen LogP contribution in [0.3, 0.4) is 0 Å². The number of piperazine rings is 1. The van der Waals surface area contributed by atoms with Gasteiger partial charge in [-0.05, 0) is 60.0 Å². The predicted molar refractivity (Wildman–Crippen MR) is 227 cm³/mol. The highest BCUT2D eigenvalue weighted by Gasteiger charge is 2.42. The molecule has 2 aliphatic rings. The molecule has 13 heteroatoms. The van der Waals surface area contributed by atoms with Crippen LogP contribution in [0, 0.1) is 29.0 Å². The van der Waals surface area contributed by atoms with E-state index < -0.39 is 25.3 Å². The minimum Gasteiger partial charge on any atom is -0.468 e. The van der Waals surface area contributed by atoms with E-state index in [1.54, 1.807) is 31.3 Å². The number of piperidine rings is 1. The number of hydrogen-bond donors (Lipinski definition) is 2. The first kappa shape index (κ1) is 42.7. The second-order valence-electron chi connectivity index (χ2n) is 17.2. The van der Waals surface area contributed by atoms with Crippen molar-refractivity contribution in [3.05, 3.63) is 47.7 Å². The van der Waals surface area contributed by atoms with E-state index >= 15 is 8.78 Å². The molecule has 57 heavy (non-hydrogen) atoms. The zero-order valence-corrected chi connectivity index (χ0v) is 36.1. The number of aliphatic hydroxyl groups is 1. The number of nitrogens with zero attached hydrogens (tertiary/aromatic N) is 5. The summed E-state index contributed by atoms with van der Waals surface area (Å²) in [4.78, 5) is 18.6. The fourth-order valence-electron chi connectivity index (χ4n) is 9.06. The van der Waals surface area contributed by atoms with Crippen LogP contribution in [0.2, 0.25) is 16.6 Å². The molecule has 2 N–H and O–H groups in total. The summed E-state index contributed by atoms with van der Waals surface area (Å²) in [5, 5.41) is 15.9. The van der Waals surface area contributed by atoms with Crippen molar-refractivity contribution >= 4 is 35.6 Å². The van der Waals surface area contributed by atoms with Gasteiger partial charge in [0.1, 0.15) is 36.7 Å². The normalized spacial score (nSPS) is 18.8. The highest BCUT2D eigenvalue weighted by Crippen LogP contribution is 2.43. The summed E-state index contributed by atoms with van der Waals surface area (Å²) in [6.45, 7) is 23.1. The zero-order chi connectivity index (χ0) is 41.1. The van der Waals surface area contributed by atoms with Crippen molar-refractivity contribution in [2.24, 2.45) is 5.92 Å². The fraction of sp³-hybridized carbons (Fsp3) is 0.568. The summed E-state index contributed by atoms with van der Waals surface area (Å²) in [6, 6.07) is 6.56. The Bertz CT molecular complexity index is 2090. The molecule has 4 aromatic rings. The Morgan fingerprint density at radius 2 is 1.70 bits per heavy atom. The van der Waals surface area contributed by atoms with Crippen molar-refractivity contribution in [2.45, 2.75) is 90.5 Å². The van der Waals surface area contributed by atoms with Crippen LogP contribution in [0.5, 0.6) is 11.8 Å². The smallest absolute Gasteiger partial charge is 0.319 e. The summed E-state index contributed by atoms with van der Waals surface area (Å²) >= 11 is 0. The fourth-order valence-corrected chi connectivity index (χ4v) is 14.3. The Hall–Kier alpha value is -3.93. The van der Waals surface area contributed by atoms with Gasteiger partial charge in [-0.1, -0.05) is 60.5 Å². The molecule has 6 rings (SSSR count). The molecule has 2 fully saturated rings. The van der Waals surface area contributed by atoms with Crippen LogP contribution < -0.4 is 19.7 Å². The van der Waals surface area contributed by atoms with Crippen LogP contribution >= 0.6 is 0 Å². The van der Waals surface area contributed by atoms with E-state index in [1.807, 2.05) is 4.90 Å². The first-order chi connectivity index (χ1) is 27.1. The number of rotatable bonds is 13. The molecule has 2 aromatic heterocycles. The number of benzene rings is 2. The Morgan fingerprint density at radius 1 is 0.982 bits per heavy atom. The number of nitrogens with one attached hydrogen (secondary N) is 1. The molecule has 2 aromatic carbocycles. The number of methoxy groups -OCH3 is 1. The van der Waals surface area contributed by atoms with Gasteiger partial charge in [0.25, 0.3) is 0 Å². The van der Waals surface area contributed by atoms with E-state index in [-0.39, 0.29) is 35.5 Å². The molecule has 0 unspecified atom stereocenters. The van der Waals surface area contributed by atoms with Crippen molar-refractivity contribution in [2.75, 3.05) is 71.2 Å². The van der Waals surface area contributed by atoms with Crippen molar-refractivity contribution in [1.82, 2.24) is 25.2 Å². The van der Waals surface area contributed by atoms with Crippen molar-refractivity contribution in [1.29, 1.82) is 0 Å². The predicted octanol–water partition coefficient (Wildman–Crippen LogP) is 7.95. The molecule has 2 saturated heterocycles. The second kappa shape index (κ2) is 17.9. The number of fused-ring (bicyclic) bond motifs is 2. The molecule has 0 spiro atoms. The van der Waals surface area contributed by atoms with Gasteiger partial charge in [-0.3, -0.25) is 4.98 Å². The molecular formula is C44H60F2N6O4Si. The molecule has 0 radical (unpaired) electrons. The van der Waals surface area contributed by atoms with Gasteiger partial charge in [-0.15, -0.1) is 5.54 Å². The van der Waals surface area contributed by atoms with E-state index in [2.05, 4.69) is 75.1 Å². The minimum atomic E-state index is -2.28. The first-order valence-corrected chi connectivity index (χ1v) is 22.7. The average Bonchev–Trinajstić information content (AvgIpc) is 3.16. The maximum Gasteiger partial charge on any atom is 0.319 e. The maximum atomic E-state index is 17.5. The first-order valence-electron chi connectivity index (χ1n) is 20.5. The lowest BCUT2D eigenvalue weighted by Gasteiger charge is -2.38. The quantitative estimate of drug-likeness (QED) is 0.0787. The monoisotopic (exact) mass is 802 g/mol. The molecule has 2 atom stereocenters. The summed E-state index contributed by atoms with van der Waals surface area (Å²) < 4.78 is 51.1. The van der Waals surface area contributed by atoms with Crippen LogP contribution in [0.1, 0.15) is 73.8 Å². The van der Waals surface area contributed by atoms with E-state index in [0.29, 0.717) is 76.0 Å². The van der Waals surface area contributed by atoms with Gasteiger partial charge in [-0.25, -0.2) is 8.78 Å². The SMILES string of the molecule is COCOc1cc(-c2ncc3c(N4CCC[C@@](C)(O)C4)nc(OC[C@H](C)CN4CCNCC4)nc3c2F)c2c(C#C[Si](C(C)C)(C(C)C)C(C)C)c(F)ccc2c1. The van der Waals surface area contributed by atoms with E-state index in [1.165, 1.54) is 13.2 Å². The van der Waals surface area contributed by atoms with Gasteiger partial charge in [0, 0.05) is 76.0 Å². The Labute approximate surface area is 337 Å². The molecule has 10 nitrogen and oxygen atoms in total. The molecule has 0 bridgehead atoms. The molecular weight excluding hydrogens is 743 g/mol. The zero-order valence-electron chi connectivity index (χ0n) is 35.1. The molecule has 308 valence electrons. The minimum absolute atomic E-state index is 0.0197. The van der Waals surface area contributed by atoms with Crippen LogP contribution in [0.15, 0.2) is 30.5 Å². The number of halogens is 2. The van der Waals surface area contributed by atoms with Gasteiger partial charge in [0.05, 0.1) is 23.2 Å². The summed E-state index contributed by atoms with van der Waals surface area (Å²) in [5.74, 6) is 3.15. The van der Waals surface area contributed by atoms with Crippen LogP contribution in [-0.2, 0) is 4.74 Å². The number of pyridine rings is 1. The highest BCUT2D eigenvalue weighted by atomic mass is 28.3. The van der Waals surface area contributed by atoms with E-state index in [9.17, 15) is 5.11 Å². The lowest BCUT2D eigenvalue weighted by atomic mass is 9.94. The van der Waals surface area contributed by atoms with Gasteiger partial charge in [0.15, 0.2) is 12.6 Å². The van der Waals surface area contributed by atoms with Crippen LogP contribution in [0.25, 0.3) is 32.9 Å². The molecule has 0 amide bonds. The highest BCUT2D eigenvalue weighted by molar-refractivity contribution is 6.90. The number of anilines is 1. The van der Waals surface area contributed by atoms with Gasteiger partial charge in [-0.2, -0.15) is 9.97 Å². The lowest BCUT2D eigenvalue weighted by Crippen LogP contribution is -2.46. The third-order valence-corrected chi connectivity index (χ3v) is 18.1. The Balaban J connectivity index is 1.54. The number of aromatic nitrogens is 3. The van der Waals surface area contributed by atoms with Crippen molar-refractivity contribution in [3.63, 3.8) is 0 Å². The van der Waals surface area contributed by atoms with Crippen LogP contribution in [0.4, 0.5) is 14.6 Å². The number of ether oxygens (including phenoxy) is 3. The molecule has 0 saturated carbocycles. The Kier molecular flexibility index (Phi) is 13.4. The maximum absolute atomic E-state index is 17.5. The van der Waals surface area contributed by atoms with Crippen molar-refractivity contribution < 1.29 is 28.1 Å². The summed E-state index contributed by atoms with van der Waals surface area (Å²) in [6.07, 6.45) is 2.94. The number of hydrogen-bond acceptors (Lipinski definition) is 10. The number of β-amino-alcohol motifs (C(OH)–C–C–N with tert-alkyl or cyclic N) is 1. The van der Waals surface area contributed by atoms with Crippen molar-refractivity contribution in [3.8, 4) is 34.5 Å². The van der Waals surface area contributed by atoms with Gasteiger partial charge >= 0.3 is 6.01 Å². The third kappa shape index (κ3) is 9.21. The summed E-state index contributed by atoms with van der Waals surface area (Å²) in [7, 11) is -0.757.